The maximum Gasteiger partial charge on any atom is 0.235 e. The van der Waals surface area contributed by atoms with E-state index < -0.39 is 15.3 Å². The number of nitrogens with zero attached hydrogens (tertiary/aromatic N) is 1. The highest BCUT2D eigenvalue weighted by molar-refractivity contribution is 7.93. The first kappa shape index (κ1) is 14.3. The van der Waals surface area contributed by atoms with Crippen molar-refractivity contribution in [1.29, 1.82) is 0 Å². The van der Waals surface area contributed by atoms with Crippen LogP contribution in [0.15, 0.2) is 29.4 Å². The van der Waals surface area contributed by atoms with Crippen LogP contribution in [-0.2, 0) is 16.4 Å². The molecule has 0 heterocycles. The third-order valence-electron chi connectivity index (χ3n) is 2.35. The van der Waals surface area contributed by atoms with Crippen molar-refractivity contribution in [1.82, 2.24) is 0 Å². The summed E-state index contributed by atoms with van der Waals surface area (Å²) in [5.41, 5.74) is 6.70. The molecule has 0 aliphatic heterocycles. The lowest BCUT2D eigenvalue weighted by Gasteiger charge is -2.11. The van der Waals surface area contributed by atoms with Crippen molar-refractivity contribution in [3.8, 4) is 0 Å². The first-order valence-electron chi connectivity index (χ1n) is 5.42. The van der Waals surface area contributed by atoms with Crippen molar-refractivity contribution < 1.29 is 13.6 Å². The molecular weight excluding hydrogens is 254 g/mol. The predicted octanol–water partition coefficient (Wildman–Crippen LogP) is 1.13. The SMILES string of the molecule is CC(C)S(=O)(=O)Nc1ccc(C/C(N)=N/O)cc1. The van der Waals surface area contributed by atoms with E-state index in [9.17, 15) is 8.42 Å². The second-order valence-electron chi connectivity index (χ2n) is 4.16. The summed E-state index contributed by atoms with van der Waals surface area (Å²) in [6.45, 7) is 3.21. The minimum Gasteiger partial charge on any atom is -0.409 e. The molecule has 0 aliphatic carbocycles. The van der Waals surface area contributed by atoms with Gasteiger partial charge < -0.3 is 10.9 Å². The molecule has 0 unspecified atom stereocenters. The fraction of sp³-hybridized carbons (Fsp3) is 0.364. The molecule has 0 atom stereocenters. The summed E-state index contributed by atoms with van der Waals surface area (Å²) in [4.78, 5) is 0. The zero-order chi connectivity index (χ0) is 13.8. The molecule has 1 rings (SSSR count). The number of oxime groups is 1. The number of rotatable bonds is 5. The number of anilines is 1. The van der Waals surface area contributed by atoms with Crippen molar-refractivity contribution in [3.05, 3.63) is 29.8 Å². The minimum atomic E-state index is -3.33. The summed E-state index contributed by atoms with van der Waals surface area (Å²) in [5, 5.41) is 10.8. The second kappa shape index (κ2) is 5.72. The quantitative estimate of drug-likeness (QED) is 0.323. The highest BCUT2D eigenvalue weighted by atomic mass is 32.2. The molecule has 0 aromatic heterocycles. The van der Waals surface area contributed by atoms with Gasteiger partial charge in [0.1, 0.15) is 5.84 Å². The van der Waals surface area contributed by atoms with Crippen LogP contribution in [0, 0.1) is 0 Å². The molecule has 0 amide bonds. The maximum absolute atomic E-state index is 11.6. The molecular formula is C11H17N3O3S. The molecule has 0 bridgehead atoms. The van der Waals surface area contributed by atoms with E-state index >= 15 is 0 Å². The molecule has 7 heteroatoms. The van der Waals surface area contributed by atoms with E-state index in [-0.39, 0.29) is 5.84 Å². The Balaban J connectivity index is 2.78. The molecule has 18 heavy (non-hydrogen) atoms. The summed E-state index contributed by atoms with van der Waals surface area (Å²) < 4.78 is 25.7. The Morgan fingerprint density at radius 3 is 2.39 bits per heavy atom. The van der Waals surface area contributed by atoms with Gasteiger partial charge in [0.15, 0.2) is 0 Å². The van der Waals surface area contributed by atoms with Crippen LogP contribution in [0.5, 0.6) is 0 Å². The normalized spacial score (nSPS) is 12.7. The molecule has 0 fully saturated rings. The smallest absolute Gasteiger partial charge is 0.235 e. The van der Waals surface area contributed by atoms with E-state index in [4.69, 9.17) is 10.9 Å². The lowest BCUT2D eigenvalue weighted by atomic mass is 10.1. The molecule has 1 aromatic carbocycles. The maximum atomic E-state index is 11.6. The molecule has 0 saturated heterocycles. The van der Waals surface area contributed by atoms with Gasteiger partial charge in [0, 0.05) is 12.1 Å². The number of hydrogen-bond acceptors (Lipinski definition) is 4. The number of benzene rings is 1. The molecule has 0 spiro atoms. The van der Waals surface area contributed by atoms with E-state index in [0.29, 0.717) is 12.1 Å². The number of hydrogen-bond donors (Lipinski definition) is 3. The van der Waals surface area contributed by atoms with E-state index in [2.05, 4.69) is 9.88 Å². The second-order valence-corrected chi connectivity index (χ2v) is 6.40. The van der Waals surface area contributed by atoms with Crippen LogP contribution < -0.4 is 10.5 Å². The van der Waals surface area contributed by atoms with Crippen molar-refractivity contribution >= 4 is 21.5 Å². The Bertz CT molecular complexity index is 521. The van der Waals surface area contributed by atoms with Crippen molar-refractivity contribution in [2.75, 3.05) is 4.72 Å². The van der Waals surface area contributed by atoms with E-state index in [1.165, 1.54) is 0 Å². The summed E-state index contributed by atoms with van der Waals surface area (Å²) in [7, 11) is -3.33. The molecule has 0 saturated carbocycles. The van der Waals surface area contributed by atoms with E-state index in [1.54, 1.807) is 38.1 Å². The lowest BCUT2D eigenvalue weighted by Crippen LogP contribution is -2.22. The standard InChI is InChI=1S/C11H17N3O3S/c1-8(2)18(16,17)14-10-5-3-9(4-6-10)7-11(12)13-15/h3-6,8,14-15H,7H2,1-2H3,(H2,12,13). The lowest BCUT2D eigenvalue weighted by molar-refractivity contribution is 0.317. The molecule has 1 aromatic rings. The average molecular weight is 271 g/mol. The molecule has 4 N–H and O–H groups in total. The largest absolute Gasteiger partial charge is 0.409 e. The number of sulfonamides is 1. The van der Waals surface area contributed by atoms with Gasteiger partial charge in [-0.2, -0.15) is 0 Å². The highest BCUT2D eigenvalue weighted by Gasteiger charge is 2.15. The average Bonchev–Trinajstić information content (AvgIpc) is 2.31. The van der Waals surface area contributed by atoms with Crippen LogP contribution in [-0.4, -0.2) is 24.7 Å². The van der Waals surface area contributed by atoms with Crippen LogP contribution in [0.3, 0.4) is 0 Å². The van der Waals surface area contributed by atoms with Gasteiger partial charge in [-0.3, -0.25) is 4.72 Å². The van der Waals surface area contributed by atoms with Gasteiger partial charge in [-0.25, -0.2) is 8.42 Å². The van der Waals surface area contributed by atoms with E-state index in [1.807, 2.05) is 0 Å². The summed E-state index contributed by atoms with van der Waals surface area (Å²) in [6, 6.07) is 6.71. The third-order valence-corrected chi connectivity index (χ3v) is 4.11. The number of amidine groups is 1. The Kier molecular flexibility index (Phi) is 4.55. The molecule has 6 nitrogen and oxygen atoms in total. The summed E-state index contributed by atoms with van der Waals surface area (Å²) >= 11 is 0. The number of nitrogens with one attached hydrogen (secondary N) is 1. The zero-order valence-electron chi connectivity index (χ0n) is 10.3. The Hall–Kier alpha value is -1.76. The summed E-state index contributed by atoms with van der Waals surface area (Å²) in [6.07, 6.45) is 0.313. The summed E-state index contributed by atoms with van der Waals surface area (Å²) in [5.74, 6) is 0.102. The molecule has 0 aliphatic rings. The Labute approximate surface area is 107 Å². The van der Waals surface area contributed by atoms with Gasteiger partial charge in [0.05, 0.1) is 5.25 Å². The zero-order valence-corrected chi connectivity index (χ0v) is 11.1. The van der Waals surface area contributed by atoms with E-state index in [0.717, 1.165) is 5.56 Å². The minimum absolute atomic E-state index is 0.102. The van der Waals surface area contributed by atoms with Gasteiger partial charge in [-0.05, 0) is 31.5 Å². The monoisotopic (exact) mass is 271 g/mol. The Morgan fingerprint density at radius 2 is 1.94 bits per heavy atom. The third kappa shape index (κ3) is 3.92. The van der Waals surface area contributed by atoms with Crippen LogP contribution in [0.4, 0.5) is 5.69 Å². The highest BCUT2D eigenvalue weighted by Crippen LogP contribution is 2.13. The van der Waals surface area contributed by atoms with Gasteiger partial charge in [-0.15, -0.1) is 0 Å². The van der Waals surface area contributed by atoms with Crippen molar-refractivity contribution in [2.24, 2.45) is 10.9 Å². The van der Waals surface area contributed by atoms with Crippen molar-refractivity contribution in [3.63, 3.8) is 0 Å². The van der Waals surface area contributed by atoms with Crippen LogP contribution in [0.25, 0.3) is 0 Å². The first-order chi connectivity index (χ1) is 8.35. The van der Waals surface area contributed by atoms with Gasteiger partial charge >= 0.3 is 0 Å². The topological polar surface area (TPSA) is 105 Å². The Morgan fingerprint density at radius 1 is 1.39 bits per heavy atom. The number of nitrogens with two attached hydrogens (primary N) is 1. The first-order valence-corrected chi connectivity index (χ1v) is 6.96. The van der Waals surface area contributed by atoms with Gasteiger partial charge in [-0.1, -0.05) is 17.3 Å². The predicted molar refractivity (Wildman–Crippen MR) is 71.2 cm³/mol. The van der Waals surface area contributed by atoms with Crippen LogP contribution in [0.1, 0.15) is 19.4 Å². The van der Waals surface area contributed by atoms with Crippen LogP contribution >= 0.6 is 0 Å². The molecule has 100 valence electrons. The fourth-order valence-corrected chi connectivity index (χ4v) is 1.92. The van der Waals surface area contributed by atoms with Gasteiger partial charge in [0.25, 0.3) is 0 Å². The van der Waals surface area contributed by atoms with Crippen molar-refractivity contribution in [2.45, 2.75) is 25.5 Å². The van der Waals surface area contributed by atoms with Gasteiger partial charge in [0.2, 0.25) is 10.0 Å². The fourth-order valence-electron chi connectivity index (χ4n) is 1.22. The molecule has 0 radical (unpaired) electrons. The van der Waals surface area contributed by atoms with Crippen LogP contribution in [0.2, 0.25) is 0 Å².